The minimum absolute atomic E-state index is 0.0987. The lowest BCUT2D eigenvalue weighted by Crippen LogP contribution is -2.38. The van der Waals surface area contributed by atoms with Crippen LogP contribution in [0.5, 0.6) is 0 Å². The number of methoxy groups -OCH3 is 2. The second-order valence-electron chi connectivity index (χ2n) is 12.4. The Morgan fingerprint density at radius 2 is 1.83 bits per heavy atom. The average Bonchev–Trinajstić information content (AvgIpc) is 3.53. The van der Waals surface area contributed by atoms with Crippen molar-refractivity contribution in [2.75, 3.05) is 40.4 Å². The normalized spacial score (nSPS) is 32.2. The van der Waals surface area contributed by atoms with Crippen molar-refractivity contribution in [2.24, 2.45) is 17.6 Å². The number of likely N-dealkylation sites (tertiary alicyclic amines) is 1. The van der Waals surface area contributed by atoms with E-state index < -0.39 is 48.1 Å². The Labute approximate surface area is 271 Å². The van der Waals surface area contributed by atoms with Crippen LogP contribution in [0.15, 0.2) is 58.5 Å². The number of aliphatic hydroxyl groups is 1. The van der Waals surface area contributed by atoms with Gasteiger partial charge >= 0.3 is 6.09 Å². The van der Waals surface area contributed by atoms with Gasteiger partial charge in [-0.1, -0.05) is 38.2 Å². The van der Waals surface area contributed by atoms with E-state index in [1.54, 1.807) is 32.1 Å². The van der Waals surface area contributed by atoms with Crippen molar-refractivity contribution >= 4 is 23.6 Å². The lowest BCUT2D eigenvalue weighted by molar-refractivity contribution is -0.120. The fourth-order valence-corrected chi connectivity index (χ4v) is 6.12. The van der Waals surface area contributed by atoms with Crippen molar-refractivity contribution in [1.29, 1.82) is 0 Å². The zero-order valence-electron chi connectivity index (χ0n) is 27.8. The van der Waals surface area contributed by atoms with E-state index in [2.05, 4.69) is 15.5 Å². The number of nitrogens with zero attached hydrogens (tertiary/aromatic N) is 1. The number of carbonyl (C=O) groups excluding carboxylic acids is 4. The van der Waals surface area contributed by atoms with Crippen LogP contribution in [-0.2, 0) is 28.6 Å². The summed E-state index contributed by atoms with van der Waals surface area (Å²) in [4.78, 5) is 54.4. The number of nitrogens with two attached hydrogens (primary N) is 1. The van der Waals surface area contributed by atoms with E-state index in [0.717, 1.165) is 32.5 Å². The minimum Gasteiger partial charge on any atom is -0.439 e. The van der Waals surface area contributed by atoms with Crippen LogP contribution in [0.2, 0.25) is 0 Å². The summed E-state index contributed by atoms with van der Waals surface area (Å²) in [6.45, 7) is 10.3. The topological polar surface area (TPSA) is 170 Å². The molecule has 0 aromatic heterocycles. The molecule has 46 heavy (non-hydrogen) atoms. The van der Waals surface area contributed by atoms with Crippen LogP contribution in [0.25, 0.3) is 0 Å². The molecule has 1 aliphatic carbocycles. The van der Waals surface area contributed by atoms with Crippen LogP contribution >= 0.6 is 0 Å². The Bertz CT molecular complexity index is 1290. The average molecular weight is 643 g/mol. The predicted molar refractivity (Wildman–Crippen MR) is 173 cm³/mol. The van der Waals surface area contributed by atoms with Crippen molar-refractivity contribution in [3.8, 4) is 0 Å². The number of aliphatic hydroxyl groups excluding tert-OH is 1. The summed E-state index contributed by atoms with van der Waals surface area (Å²) in [5, 5.41) is 17.2. The number of rotatable bonds is 7. The van der Waals surface area contributed by atoms with Gasteiger partial charge in [0.2, 0.25) is 11.6 Å². The van der Waals surface area contributed by atoms with Gasteiger partial charge in [0.25, 0.3) is 5.91 Å². The highest BCUT2D eigenvalue weighted by Crippen LogP contribution is 2.29. The van der Waals surface area contributed by atoms with Crippen molar-refractivity contribution in [3.05, 3.63) is 58.5 Å². The number of nitrogens with one attached hydrogen (secondary N) is 2. The molecule has 1 saturated heterocycles. The minimum atomic E-state index is -0.993. The molecule has 254 valence electrons. The first-order valence-electron chi connectivity index (χ1n) is 15.9. The Balaban J connectivity index is 2.01. The highest BCUT2D eigenvalue weighted by atomic mass is 16.6. The highest BCUT2D eigenvalue weighted by Gasteiger charge is 2.33. The van der Waals surface area contributed by atoms with Gasteiger partial charge in [-0.15, -0.1) is 0 Å². The first-order chi connectivity index (χ1) is 21.9. The molecule has 3 aliphatic rings. The number of Topliss-reactive ketones (excluding diaryl/α,β-unsaturated/α-hetero) is 1. The number of allylic oxidation sites excluding steroid dienone is 4. The van der Waals surface area contributed by atoms with Gasteiger partial charge in [-0.2, -0.15) is 0 Å². The molecule has 1 fully saturated rings. The largest absolute Gasteiger partial charge is 0.439 e. The summed E-state index contributed by atoms with van der Waals surface area (Å²) in [6.07, 6.45) is 6.29. The molecule has 0 spiro atoms. The summed E-state index contributed by atoms with van der Waals surface area (Å²) >= 11 is 0. The summed E-state index contributed by atoms with van der Waals surface area (Å²) in [5.74, 6) is -1.99. The summed E-state index contributed by atoms with van der Waals surface area (Å²) in [5.41, 5.74) is 6.66. The van der Waals surface area contributed by atoms with Crippen molar-refractivity contribution in [2.45, 2.75) is 77.8 Å². The third-order valence-corrected chi connectivity index (χ3v) is 8.72. The Morgan fingerprint density at radius 1 is 1.13 bits per heavy atom. The number of fused-ring (bicyclic) bond motifs is 2. The molecule has 2 heterocycles. The molecule has 12 nitrogen and oxygen atoms in total. The number of primary amides is 1. The lowest BCUT2D eigenvalue weighted by Gasteiger charge is -2.30. The number of ether oxygens (including phenoxy) is 3. The second-order valence-corrected chi connectivity index (χ2v) is 12.4. The number of hydrogen-bond acceptors (Lipinski definition) is 10. The van der Waals surface area contributed by atoms with Crippen LogP contribution in [-0.4, -0.2) is 98.4 Å². The van der Waals surface area contributed by atoms with Crippen LogP contribution in [0.1, 0.15) is 53.4 Å². The van der Waals surface area contributed by atoms with Crippen LogP contribution in [0.3, 0.4) is 0 Å². The maximum absolute atomic E-state index is 13.8. The first-order valence-corrected chi connectivity index (χ1v) is 15.9. The molecule has 2 amide bonds. The molecule has 3 rings (SSSR count). The number of hydrogen-bond donors (Lipinski definition) is 4. The van der Waals surface area contributed by atoms with Gasteiger partial charge in [0.15, 0.2) is 6.10 Å². The monoisotopic (exact) mass is 642 g/mol. The summed E-state index contributed by atoms with van der Waals surface area (Å²) in [7, 11) is 2.95. The van der Waals surface area contributed by atoms with Crippen molar-refractivity contribution < 1.29 is 38.5 Å². The van der Waals surface area contributed by atoms with E-state index in [0.29, 0.717) is 24.1 Å². The molecule has 0 aromatic carbocycles. The number of ketones is 2. The Hall–Kier alpha value is -3.58. The third kappa shape index (κ3) is 9.96. The first kappa shape index (κ1) is 36.9. The van der Waals surface area contributed by atoms with Gasteiger partial charge in [0, 0.05) is 50.4 Å². The molecule has 0 saturated carbocycles. The third-order valence-electron chi connectivity index (χ3n) is 8.72. The fraction of sp³-hybridized carbons (Fsp3) is 0.588. The van der Waals surface area contributed by atoms with Crippen molar-refractivity contribution in [3.63, 3.8) is 0 Å². The fourth-order valence-electron chi connectivity index (χ4n) is 6.12. The van der Waals surface area contributed by atoms with Crippen LogP contribution < -0.4 is 16.4 Å². The van der Waals surface area contributed by atoms with Gasteiger partial charge in [-0.25, -0.2) is 4.79 Å². The molecule has 5 N–H and O–H groups in total. The van der Waals surface area contributed by atoms with E-state index in [1.807, 2.05) is 13.8 Å². The molecule has 0 radical (unpaired) electrons. The molecular weight excluding hydrogens is 592 g/mol. The van der Waals surface area contributed by atoms with E-state index in [1.165, 1.54) is 26.4 Å². The van der Waals surface area contributed by atoms with Gasteiger partial charge in [0.05, 0.1) is 23.6 Å². The number of amides is 2. The maximum atomic E-state index is 13.8. The van der Waals surface area contributed by atoms with E-state index in [4.69, 9.17) is 19.9 Å². The highest BCUT2D eigenvalue weighted by molar-refractivity contribution is 6.23. The zero-order chi connectivity index (χ0) is 34.0. The Morgan fingerprint density at radius 3 is 2.46 bits per heavy atom. The quantitative estimate of drug-likeness (QED) is 0.239. The SMILES string of the molecule is COC1/C=C/C=C(/C)C(=O)NC2=CC(=O)C(NCCN3CCCC3)=C(C[C@@H](C)CC(OC)[C@H](O)[C@@H](C)/C=C(\C)[C@@H]1OC(N)=O)C2=O. The standard InChI is InChI=1S/C34H50N4O8/c1-20-16-24-29(36-12-15-38-13-7-8-14-38)26(39)19-25(31(24)41)37-33(42)21(2)10-9-11-27(44-5)32(46-34(35)43)23(4)18-22(3)30(40)28(17-20)45-6/h9-11,18-20,22,27-28,30,32,36,40H,7-8,12-17H2,1-6H3,(H2,35,43)(H,37,42)/b11-9+,21-10-,23-18+/t20-,22+,27?,28?,30-,32+/m1/s1. The molecule has 12 heteroatoms. The predicted octanol–water partition coefficient (Wildman–Crippen LogP) is 2.45. The Kier molecular flexibility index (Phi) is 13.9. The van der Waals surface area contributed by atoms with E-state index in [-0.39, 0.29) is 35.1 Å². The van der Waals surface area contributed by atoms with Gasteiger partial charge in [0.1, 0.15) is 6.10 Å². The zero-order valence-corrected chi connectivity index (χ0v) is 27.8. The smallest absolute Gasteiger partial charge is 0.405 e. The second kappa shape index (κ2) is 17.4. The van der Waals surface area contributed by atoms with Gasteiger partial charge in [-0.3, -0.25) is 14.4 Å². The van der Waals surface area contributed by atoms with Crippen LogP contribution in [0, 0.1) is 11.8 Å². The molecular formula is C34H50N4O8. The van der Waals surface area contributed by atoms with Crippen LogP contribution in [0.4, 0.5) is 4.79 Å². The molecule has 2 aliphatic heterocycles. The van der Waals surface area contributed by atoms with Crippen molar-refractivity contribution in [1.82, 2.24) is 15.5 Å². The summed E-state index contributed by atoms with van der Waals surface area (Å²) < 4.78 is 16.7. The molecule has 6 atom stereocenters. The summed E-state index contributed by atoms with van der Waals surface area (Å²) in [6, 6.07) is 0. The molecule has 2 unspecified atom stereocenters. The molecule has 2 bridgehead atoms. The van der Waals surface area contributed by atoms with Gasteiger partial charge in [-0.05, 0) is 64.1 Å². The van der Waals surface area contributed by atoms with E-state index >= 15 is 0 Å². The lowest BCUT2D eigenvalue weighted by atomic mass is 9.85. The number of carbonyl (C=O) groups is 4. The molecule has 0 aromatic rings. The van der Waals surface area contributed by atoms with E-state index in [9.17, 15) is 24.3 Å². The maximum Gasteiger partial charge on any atom is 0.405 e. The van der Waals surface area contributed by atoms with Gasteiger partial charge < -0.3 is 40.6 Å².